The fourth-order valence-electron chi connectivity index (χ4n) is 5.53. The van der Waals surface area contributed by atoms with Crippen LogP contribution in [0.15, 0.2) is 48.5 Å². The van der Waals surface area contributed by atoms with Gasteiger partial charge in [0, 0.05) is 24.9 Å². The van der Waals surface area contributed by atoms with E-state index in [1.54, 1.807) is 0 Å². The van der Waals surface area contributed by atoms with Crippen molar-refractivity contribution in [2.75, 3.05) is 19.7 Å². The number of piperidine rings is 1. The number of aliphatic hydroxyl groups is 1. The van der Waals surface area contributed by atoms with Crippen LogP contribution in [-0.4, -0.2) is 53.0 Å². The summed E-state index contributed by atoms with van der Waals surface area (Å²) >= 11 is 0. The number of likely N-dealkylation sites (tertiary alicyclic amines) is 1. The van der Waals surface area contributed by atoms with Crippen LogP contribution in [0.25, 0.3) is 11.1 Å². The van der Waals surface area contributed by atoms with E-state index in [1.165, 1.54) is 4.90 Å². The Morgan fingerprint density at radius 2 is 1.70 bits per heavy atom. The Labute approximate surface area is 175 Å². The van der Waals surface area contributed by atoms with Crippen LogP contribution in [0.1, 0.15) is 36.3 Å². The topological polar surface area (TPSA) is 87.1 Å². The Hall–Kier alpha value is -2.86. The molecular weight excluding hydrogens is 382 g/mol. The molecule has 3 atom stereocenters. The number of nitrogens with zero attached hydrogens (tertiary/aromatic N) is 1. The summed E-state index contributed by atoms with van der Waals surface area (Å²) < 4.78 is 5.72. The molecule has 2 N–H and O–H groups in total. The number of fused-ring (bicyclic) bond motifs is 5. The molecule has 1 saturated carbocycles. The molecule has 1 aliphatic heterocycles. The smallest absolute Gasteiger partial charge is 0.409 e. The standard InChI is InChI=1S/C24H25NO5/c26-21-9-10-24(22(27)28)11-15(21)12-25(14-24)23(29)30-13-20-18-7-3-1-5-16(18)17-6-2-4-8-19(17)20/h1-8,15,20-21,26H,9-14H2,(H,27,28)/t15-,21-,24-/m0/s1. The molecule has 1 saturated heterocycles. The lowest BCUT2D eigenvalue weighted by Gasteiger charge is -2.48. The maximum absolute atomic E-state index is 12.9. The third kappa shape index (κ3) is 2.98. The quantitative estimate of drug-likeness (QED) is 0.813. The van der Waals surface area contributed by atoms with E-state index in [0.717, 1.165) is 22.3 Å². The number of amides is 1. The minimum absolute atomic E-state index is 0.0373. The first-order chi connectivity index (χ1) is 14.5. The van der Waals surface area contributed by atoms with E-state index in [-0.39, 0.29) is 25.0 Å². The number of ether oxygens (including phenoxy) is 1. The fourth-order valence-corrected chi connectivity index (χ4v) is 5.53. The summed E-state index contributed by atoms with van der Waals surface area (Å²) in [6.45, 7) is 0.686. The lowest BCUT2D eigenvalue weighted by molar-refractivity contribution is -0.160. The molecule has 1 heterocycles. The number of hydrogen-bond acceptors (Lipinski definition) is 4. The normalized spacial score (nSPS) is 27.3. The average molecular weight is 407 g/mol. The Kier molecular flexibility index (Phi) is 4.54. The van der Waals surface area contributed by atoms with Gasteiger partial charge in [0.2, 0.25) is 0 Å². The molecule has 2 aromatic carbocycles. The van der Waals surface area contributed by atoms with Gasteiger partial charge in [-0.15, -0.1) is 0 Å². The van der Waals surface area contributed by atoms with Crippen molar-refractivity contribution in [3.8, 4) is 11.1 Å². The molecule has 6 nitrogen and oxygen atoms in total. The molecule has 6 heteroatoms. The number of carboxylic acid groups (broad SMARTS) is 1. The maximum atomic E-state index is 12.9. The second kappa shape index (κ2) is 7.13. The zero-order valence-electron chi connectivity index (χ0n) is 16.7. The van der Waals surface area contributed by atoms with Crippen molar-refractivity contribution in [1.82, 2.24) is 4.90 Å². The van der Waals surface area contributed by atoms with Crippen LogP contribution in [0.3, 0.4) is 0 Å². The zero-order valence-corrected chi connectivity index (χ0v) is 16.7. The molecule has 0 radical (unpaired) electrons. The van der Waals surface area contributed by atoms with Gasteiger partial charge in [0.25, 0.3) is 0 Å². The van der Waals surface area contributed by atoms with E-state index in [2.05, 4.69) is 24.3 Å². The molecule has 5 rings (SSSR count). The lowest BCUT2D eigenvalue weighted by atomic mass is 9.65. The van der Waals surface area contributed by atoms with Gasteiger partial charge in [-0.05, 0) is 41.5 Å². The third-order valence-corrected chi connectivity index (χ3v) is 7.11. The van der Waals surface area contributed by atoms with Gasteiger partial charge in [0.1, 0.15) is 6.61 Å². The number of benzene rings is 2. The van der Waals surface area contributed by atoms with Crippen molar-refractivity contribution in [1.29, 1.82) is 0 Å². The molecule has 2 bridgehead atoms. The molecule has 0 unspecified atom stereocenters. The Morgan fingerprint density at radius 3 is 2.33 bits per heavy atom. The first-order valence-electron chi connectivity index (χ1n) is 10.5. The van der Waals surface area contributed by atoms with Gasteiger partial charge in [-0.1, -0.05) is 48.5 Å². The van der Waals surface area contributed by atoms with Crippen LogP contribution in [0.4, 0.5) is 4.79 Å². The van der Waals surface area contributed by atoms with Crippen LogP contribution >= 0.6 is 0 Å². The number of carboxylic acids is 1. The van der Waals surface area contributed by atoms with Gasteiger partial charge < -0.3 is 19.8 Å². The highest BCUT2D eigenvalue weighted by Crippen LogP contribution is 2.46. The van der Waals surface area contributed by atoms with E-state index < -0.39 is 23.6 Å². The third-order valence-electron chi connectivity index (χ3n) is 7.11. The van der Waals surface area contributed by atoms with Crippen molar-refractivity contribution in [3.63, 3.8) is 0 Å². The first-order valence-corrected chi connectivity index (χ1v) is 10.5. The summed E-state index contributed by atoms with van der Waals surface area (Å²) in [5.74, 6) is -1.15. The molecular formula is C24H25NO5. The van der Waals surface area contributed by atoms with Gasteiger partial charge in [-0.2, -0.15) is 0 Å². The Morgan fingerprint density at radius 1 is 1.07 bits per heavy atom. The van der Waals surface area contributed by atoms with E-state index >= 15 is 0 Å². The SMILES string of the molecule is O=C(OCC1c2ccccc2-c2ccccc21)N1C[C@@H]2C[C@@](C(=O)O)(CC[C@@H]2O)C1. The number of aliphatic hydroxyl groups excluding tert-OH is 1. The fraction of sp³-hybridized carbons (Fsp3) is 0.417. The lowest BCUT2D eigenvalue weighted by Crippen LogP contribution is -2.58. The largest absolute Gasteiger partial charge is 0.481 e. The minimum atomic E-state index is -0.978. The van der Waals surface area contributed by atoms with Gasteiger partial charge in [0.05, 0.1) is 11.5 Å². The highest BCUT2D eigenvalue weighted by Gasteiger charge is 2.52. The molecule has 2 aliphatic carbocycles. The summed E-state index contributed by atoms with van der Waals surface area (Å²) in [5.41, 5.74) is 3.62. The molecule has 1 amide bonds. The molecule has 156 valence electrons. The van der Waals surface area contributed by atoms with Crippen molar-refractivity contribution in [3.05, 3.63) is 59.7 Å². The molecule has 0 spiro atoms. The summed E-state index contributed by atoms with van der Waals surface area (Å²) in [5, 5.41) is 20.1. The van der Waals surface area contributed by atoms with Gasteiger partial charge in [-0.3, -0.25) is 4.79 Å². The molecule has 3 aliphatic rings. The number of carbonyl (C=O) groups excluding carboxylic acids is 1. The highest BCUT2D eigenvalue weighted by molar-refractivity contribution is 5.79. The van der Waals surface area contributed by atoms with Crippen molar-refractivity contribution in [2.45, 2.75) is 31.3 Å². The number of hydrogen-bond donors (Lipinski definition) is 2. The second-order valence-corrected chi connectivity index (χ2v) is 8.84. The van der Waals surface area contributed by atoms with Crippen molar-refractivity contribution >= 4 is 12.1 Å². The second-order valence-electron chi connectivity index (χ2n) is 8.84. The van der Waals surface area contributed by atoms with E-state index in [0.29, 0.717) is 25.8 Å². The Bertz CT molecular complexity index is 959. The predicted octanol–water partition coefficient (Wildman–Crippen LogP) is 3.48. The van der Waals surface area contributed by atoms with Crippen LogP contribution in [-0.2, 0) is 9.53 Å². The average Bonchev–Trinajstić information content (AvgIpc) is 3.08. The monoisotopic (exact) mass is 407 g/mol. The van der Waals surface area contributed by atoms with E-state index in [9.17, 15) is 19.8 Å². The summed E-state index contributed by atoms with van der Waals surface area (Å²) in [6, 6.07) is 16.3. The number of aliphatic carboxylic acids is 1. The maximum Gasteiger partial charge on any atom is 0.409 e. The molecule has 0 aromatic heterocycles. The number of rotatable bonds is 3. The van der Waals surface area contributed by atoms with Gasteiger partial charge in [0.15, 0.2) is 0 Å². The number of carbonyl (C=O) groups is 2. The van der Waals surface area contributed by atoms with Crippen molar-refractivity contribution in [2.24, 2.45) is 11.3 Å². The van der Waals surface area contributed by atoms with Crippen molar-refractivity contribution < 1.29 is 24.5 Å². The van der Waals surface area contributed by atoms with E-state index in [4.69, 9.17) is 4.74 Å². The molecule has 2 fully saturated rings. The van der Waals surface area contributed by atoms with E-state index in [1.807, 2.05) is 24.3 Å². The summed E-state index contributed by atoms with van der Waals surface area (Å²) in [4.78, 5) is 26.3. The molecule has 2 aromatic rings. The molecule has 30 heavy (non-hydrogen) atoms. The first kappa shape index (κ1) is 19.1. The Balaban J connectivity index is 1.34. The predicted molar refractivity (Wildman–Crippen MR) is 110 cm³/mol. The van der Waals surface area contributed by atoms with Gasteiger partial charge >= 0.3 is 12.1 Å². The summed E-state index contributed by atoms with van der Waals surface area (Å²) in [6.07, 6.45) is 0.196. The zero-order chi connectivity index (χ0) is 20.9. The van der Waals surface area contributed by atoms with Crippen LogP contribution in [0.5, 0.6) is 0 Å². The minimum Gasteiger partial charge on any atom is -0.481 e. The van der Waals surface area contributed by atoms with Crippen LogP contribution < -0.4 is 0 Å². The highest BCUT2D eigenvalue weighted by atomic mass is 16.6. The van der Waals surface area contributed by atoms with Gasteiger partial charge in [-0.25, -0.2) is 4.79 Å². The van der Waals surface area contributed by atoms with Crippen LogP contribution in [0.2, 0.25) is 0 Å². The summed E-state index contributed by atoms with van der Waals surface area (Å²) in [7, 11) is 0. The van der Waals surface area contributed by atoms with Crippen LogP contribution in [0, 0.1) is 11.3 Å².